The highest BCUT2D eigenvalue weighted by Gasteiger charge is 2.17. The molecule has 0 bridgehead atoms. The molecule has 1 aliphatic rings. The Morgan fingerprint density at radius 1 is 0.941 bits per heavy atom. The van der Waals surface area contributed by atoms with Crippen LogP contribution in [0.1, 0.15) is 46.1 Å². The summed E-state index contributed by atoms with van der Waals surface area (Å²) in [6, 6.07) is 18.9. The number of benzene rings is 2. The number of hydrogen-bond acceptors (Lipinski definition) is 4. The Labute approximate surface area is 205 Å². The summed E-state index contributed by atoms with van der Waals surface area (Å²) in [5.74, 6) is 0.640. The molecule has 178 valence electrons. The second-order valence-electron chi connectivity index (χ2n) is 8.88. The Hall–Kier alpha value is -3.16. The summed E-state index contributed by atoms with van der Waals surface area (Å²) in [7, 11) is 0. The molecule has 3 N–H and O–H groups in total. The van der Waals surface area contributed by atoms with Crippen molar-refractivity contribution in [3.8, 4) is 0 Å². The number of rotatable bonds is 8. The molecule has 6 nitrogen and oxygen atoms in total. The van der Waals surface area contributed by atoms with E-state index in [2.05, 4.69) is 46.0 Å². The number of hydrogen-bond donors (Lipinski definition) is 3. The molecule has 0 unspecified atom stereocenters. The number of urea groups is 1. The highest BCUT2D eigenvalue weighted by molar-refractivity contribution is 7.09. The van der Waals surface area contributed by atoms with E-state index in [-0.39, 0.29) is 11.9 Å². The normalized spacial score (nSPS) is 14.5. The Morgan fingerprint density at radius 3 is 2.50 bits per heavy atom. The second kappa shape index (κ2) is 11.8. The molecule has 3 amide bonds. The third-order valence-corrected chi connectivity index (χ3v) is 7.09. The van der Waals surface area contributed by atoms with Gasteiger partial charge in [-0.2, -0.15) is 0 Å². The standard InChI is InChI=1S/C27H32N4O2S/c1-20-11-13-31(14-12-20)19-23-7-3-2-6-22(23)17-29-27(33)30-24-9-4-8-21(16-24)26(32)28-18-25-10-5-15-34-25/h2-10,15-16,20H,11-14,17-19H2,1H3,(H,28,32)(H2,29,30,33). The van der Waals surface area contributed by atoms with Crippen LogP contribution in [0.2, 0.25) is 0 Å². The first-order valence-electron chi connectivity index (χ1n) is 11.8. The molecule has 2 heterocycles. The van der Waals surface area contributed by atoms with E-state index in [1.54, 1.807) is 35.6 Å². The Kier molecular flexibility index (Phi) is 8.33. The molecule has 3 aromatic rings. The van der Waals surface area contributed by atoms with E-state index in [0.717, 1.165) is 36.0 Å². The third-order valence-electron chi connectivity index (χ3n) is 6.21. The van der Waals surface area contributed by atoms with Crippen molar-refractivity contribution in [2.24, 2.45) is 5.92 Å². The molecule has 1 saturated heterocycles. The number of carbonyl (C=O) groups excluding carboxylic acids is 2. The fourth-order valence-electron chi connectivity index (χ4n) is 4.12. The van der Waals surface area contributed by atoms with Gasteiger partial charge in [0.25, 0.3) is 5.91 Å². The van der Waals surface area contributed by atoms with Gasteiger partial charge >= 0.3 is 6.03 Å². The van der Waals surface area contributed by atoms with Gasteiger partial charge in [-0.25, -0.2) is 4.79 Å². The number of amides is 3. The van der Waals surface area contributed by atoms with Crippen molar-refractivity contribution < 1.29 is 9.59 Å². The molecule has 0 spiro atoms. The Bertz CT molecular complexity index is 1090. The minimum atomic E-state index is -0.294. The van der Waals surface area contributed by atoms with Crippen LogP contribution in [0.15, 0.2) is 66.0 Å². The van der Waals surface area contributed by atoms with Gasteiger partial charge in [-0.3, -0.25) is 9.69 Å². The first-order valence-corrected chi connectivity index (χ1v) is 12.7. The minimum absolute atomic E-state index is 0.168. The molecular weight excluding hydrogens is 444 g/mol. The average molecular weight is 477 g/mol. The van der Waals surface area contributed by atoms with Gasteiger partial charge in [-0.05, 0) is 72.6 Å². The molecule has 4 rings (SSSR count). The van der Waals surface area contributed by atoms with Crippen molar-refractivity contribution in [1.82, 2.24) is 15.5 Å². The topological polar surface area (TPSA) is 73.5 Å². The maximum atomic E-state index is 12.6. The van der Waals surface area contributed by atoms with E-state index in [1.165, 1.54) is 18.4 Å². The molecule has 1 aliphatic heterocycles. The van der Waals surface area contributed by atoms with Crippen LogP contribution < -0.4 is 16.0 Å². The van der Waals surface area contributed by atoms with Crippen LogP contribution in [0.4, 0.5) is 10.5 Å². The summed E-state index contributed by atoms with van der Waals surface area (Å²) >= 11 is 1.60. The number of anilines is 1. The van der Waals surface area contributed by atoms with Crippen molar-refractivity contribution in [3.63, 3.8) is 0 Å². The van der Waals surface area contributed by atoms with Crippen molar-refractivity contribution >= 4 is 29.0 Å². The van der Waals surface area contributed by atoms with Gasteiger partial charge in [0.2, 0.25) is 0 Å². The zero-order valence-corrected chi connectivity index (χ0v) is 20.4. The maximum Gasteiger partial charge on any atom is 0.319 e. The summed E-state index contributed by atoms with van der Waals surface area (Å²) in [5.41, 5.74) is 3.47. The van der Waals surface area contributed by atoms with Crippen molar-refractivity contribution in [2.75, 3.05) is 18.4 Å². The summed E-state index contributed by atoms with van der Waals surface area (Å²) in [6.07, 6.45) is 2.49. The van der Waals surface area contributed by atoms with Crippen LogP contribution in [-0.4, -0.2) is 29.9 Å². The predicted octanol–water partition coefficient (Wildman–Crippen LogP) is 5.23. The smallest absolute Gasteiger partial charge is 0.319 e. The summed E-state index contributed by atoms with van der Waals surface area (Å²) < 4.78 is 0. The van der Waals surface area contributed by atoms with E-state index in [1.807, 2.05) is 23.6 Å². The van der Waals surface area contributed by atoms with Crippen molar-refractivity contribution in [2.45, 2.75) is 39.4 Å². The van der Waals surface area contributed by atoms with Crippen LogP contribution in [0.25, 0.3) is 0 Å². The molecule has 0 aliphatic carbocycles. The van der Waals surface area contributed by atoms with Crippen LogP contribution in [0, 0.1) is 5.92 Å². The second-order valence-corrected chi connectivity index (χ2v) is 9.91. The number of piperidine rings is 1. The van der Waals surface area contributed by atoms with Crippen LogP contribution in [0.3, 0.4) is 0 Å². The Morgan fingerprint density at radius 2 is 1.74 bits per heavy atom. The number of nitrogens with one attached hydrogen (secondary N) is 3. The fraction of sp³-hybridized carbons (Fsp3) is 0.333. The van der Waals surface area contributed by atoms with Crippen LogP contribution >= 0.6 is 11.3 Å². The zero-order chi connectivity index (χ0) is 23.8. The van der Waals surface area contributed by atoms with Crippen molar-refractivity contribution in [3.05, 3.63) is 87.6 Å². The summed E-state index contributed by atoms with van der Waals surface area (Å²) in [4.78, 5) is 28.6. The highest BCUT2D eigenvalue weighted by atomic mass is 32.1. The first-order chi connectivity index (χ1) is 16.6. The molecule has 0 saturated carbocycles. The molecular formula is C27H32N4O2S. The van der Waals surface area contributed by atoms with E-state index in [4.69, 9.17) is 0 Å². The SMILES string of the molecule is CC1CCN(Cc2ccccc2CNC(=O)Nc2cccc(C(=O)NCc3cccs3)c2)CC1. The lowest BCUT2D eigenvalue weighted by Crippen LogP contribution is -2.33. The quantitative estimate of drug-likeness (QED) is 0.417. The van der Waals surface area contributed by atoms with E-state index < -0.39 is 0 Å². The number of nitrogens with zero attached hydrogens (tertiary/aromatic N) is 1. The number of carbonyl (C=O) groups is 2. The van der Waals surface area contributed by atoms with Gasteiger partial charge in [-0.1, -0.05) is 43.3 Å². The van der Waals surface area contributed by atoms with Crippen LogP contribution in [-0.2, 0) is 19.6 Å². The number of likely N-dealkylation sites (tertiary alicyclic amines) is 1. The lowest BCUT2D eigenvalue weighted by Gasteiger charge is -2.30. The Balaban J connectivity index is 1.29. The van der Waals surface area contributed by atoms with E-state index in [9.17, 15) is 9.59 Å². The molecule has 1 fully saturated rings. The monoisotopic (exact) mass is 476 g/mol. The predicted molar refractivity (Wildman–Crippen MR) is 138 cm³/mol. The van der Waals surface area contributed by atoms with Gasteiger partial charge in [0, 0.05) is 29.2 Å². The molecule has 0 radical (unpaired) electrons. The fourth-order valence-corrected chi connectivity index (χ4v) is 4.76. The zero-order valence-electron chi connectivity index (χ0n) is 19.5. The minimum Gasteiger partial charge on any atom is -0.347 e. The van der Waals surface area contributed by atoms with Gasteiger partial charge in [-0.15, -0.1) is 11.3 Å². The summed E-state index contributed by atoms with van der Waals surface area (Å²) in [5, 5.41) is 10.7. The van der Waals surface area contributed by atoms with Crippen molar-refractivity contribution in [1.29, 1.82) is 0 Å². The molecule has 0 atom stereocenters. The molecule has 7 heteroatoms. The number of thiophene rings is 1. The molecule has 34 heavy (non-hydrogen) atoms. The average Bonchev–Trinajstić information content (AvgIpc) is 3.37. The lowest BCUT2D eigenvalue weighted by atomic mass is 9.98. The van der Waals surface area contributed by atoms with Crippen LogP contribution in [0.5, 0.6) is 0 Å². The van der Waals surface area contributed by atoms with Gasteiger partial charge in [0.1, 0.15) is 0 Å². The summed E-state index contributed by atoms with van der Waals surface area (Å²) in [6.45, 7) is 6.43. The first kappa shape index (κ1) is 24.0. The van der Waals surface area contributed by atoms with E-state index in [0.29, 0.717) is 24.3 Å². The lowest BCUT2D eigenvalue weighted by molar-refractivity contribution is 0.0951. The van der Waals surface area contributed by atoms with Gasteiger partial charge < -0.3 is 16.0 Å². The maximum absolute atomic E-state index is 12.6. The third kappa shape index (κ3) is 6.92. The highest BCUT2D eigenvalue weighted by Crippen LogP contribution is 2.20. The van der Waals surface area contributed by atoms with Gasteiger partial charge in [0.15, 0.2) is 0 Å². The molecule has 2 aromatic carbocycles. The molecule has 1 aromatic heterocycles. The van der Waals surface area contributed by atoms with E-state index >= 15 is 0 Å². The van der Waals surface area contributed by atoms with Gasteiger partial charge in [0.05, 0.1) is 6.54 Å². The largest absolute Gasteiger partial charge is 0.347 e.